The second kappa shape index (κ2) is 7.73. The summed E-state index contributed by atoms with van der Waals surface area (Å²) in [7, 11) is 0. The molecular formula is C14H19Cl2N5. The number of aryl methyl sites for hydroxylation is 1. The largest absolute Gasteiger partial charge is 0.308 e. The van der Waals surface area contributed by atoms with Gasteiger partial charge in [0.1, 0.15) is 12.2 Å². The molecule has 2 aromatic heterocycles. The number of likely N-dealkylation sites (N-methyl/N-ethyl adjacent to an activating group) is 1. The lowest BCUT2D eigenvalue weighted by molar-refractivity contribution is 0.491. The van der Waals surface area contributed by atoms with Crippen LogP contribution in [0.25, 0.3) is 0 Å². The monoisotopic (exact) mass is 327 g/mol. The molecule has 0 aliphatic rings. The van der Waals surface area contributed by atoms with Gasteiger partial charge in [-0.05, 0) is 19.0 Å². The van der Waals surface area contributed by atoms with E-state index >= 15 is 0 Å². The number of nitrogens with zero attached hydrogens (tertiary/aromatic N) is 4. The summed E-state index contributed by atoms with van der Waals surface area (Å²) in [6, 6.07) is 1.70. The average molecular weight is 328 g/mol. The van der Waals surface area contributed by atoms with Crippen LogP contribution in [0.2, 0.25) is 10.0 Å². The van der Waals surface area contributed by atoms with Gasteiger partial charge in [0, 0.05) is 19.2 Å². The van der Waals surface area contributed by atoms with Crippen molar-refractivity contribution in [2.75, 3.05) is 6.54 Å². The molecule has 0 aliphatic heterocycles. The van der Waals surface area contributed by atoms with Crippen molar-refractivity contribution in [2.24, 2.45) is 0 Å². The minimum absolute atomic E-state index is 0.0143. The highest BCUT2D eigenvalue weighted by atomic mass is 35.5. The Morgan fingerprint density at radius 3 is 2.76 bits per heavy atom. The third-order valence-electron chi connectivity index (χ3n) is 3.13. The molecule has 7 heteroatoms. The third kappa shape index (κ3) is 4.15. The zero-order chi connectivity index (χ0) is 15.2. The van der Waals surface area contributed by atoms with Gasteiger partial charge >= 0.3 is 0 Å². The summed E-state index contributed by atoms with van der Waals surface area (Å²) < 4.78 is 1.92. The Kier molecular flexibility index (Phi) is 5.96. The van der Waals surface area contributed by atoms with Crippen LogP contribution in [-0.4, -0.2) is 26.3 Å². The molecule has 21 heavy (non-hydrogen) atoms. The predicted octanol–water partition coefficient (Wildman–Crippen LogP) is 3.28. The topological polar surface area (TPSA) is 55.6 Å². The van der Waals surface area contributed by atoms with Crippen LogP contribution in [0.4, 0.5) is 0 Å². The first-order valence-electron chi connectivity index (χ1n) is 7.06. The lowest BCUT2D eigenvalue weighted by Crippen LogP contribution is -2.25. The fraction of sp³-hybridized carbons (Fsp3) is 0.500. The minimum atomic E-state index is -0.0143. The first kappa shape index (κ1) is 16.2. The van der Waals surface area contributed by atoms with E-state index in [9.17, 15) is 0 Å². The van der Waals surface area contributed by atoms with Crippen molar-refractivity contribution < 1.29 is 0 Å². The van der Waals surface area contributed by atoms with Crippen molar-refractivity contribution in [1.82, 2.24) is 25.1 Å². The number of hydrogen-bond donors (Lipinski definition) is 1. The van der Waals surface area contributed by atoms with Gasteiger partial charge in [0.05, 0.1) is 21.8 Å². The Morgan fingerprint density at radius 1 is 1.29 bits per heavy atom. The lowest BCUT2D eigenvalue weighted by atomic mass is 10.1. The first-order valence-corrected chi connectivity index (χ1v) is 7.82. The fourth-order valence-corrected chi connectivity index (χ4v) is 2.73. The average Bonchev–Trinajstić information content (AvgIpc) is 2.86. The Bertz CT molecular complexity index is 584. The number of halogens is 2. The molecule has 114 valence electrons. The van der Waals surface area contributed by atoms with Crippen molar-refractivity contribution in [1.29, 1.82) is 0 Å². The van der Waals surface area contributed by atoms with Crippen molar-refractivity contribution in [2.45, 2.75) is 39.3 Å². The molecular weight excluding hydrogens is 309 g/mol. The molecule has 1 N–H and O–H groups in total. The van der Waals surface area contributed by atoms with Gasteiger partial charge in [0.25, 0.3) is 0 Å². The Balaban J connectivity index is 2.24. The maximum atomic E-state index is 6.27. The summed E-state index contributed by atoms with van der Waals surface area (Å²) >= 11 is 12.2. The smallest absolute Gasteiger partial charge is 0.138 e. The van der Waals surface area contributed by atoms with E-state index in [-0.39, 0.29) is 6.04 Å². The highest BCUT2D eigenvalue weighted by Crippen LogP contribution is 2.25. The highest BCUT2D eigenvalue weighted by molar-refractivity contribution is 6.34. The molecule has 0 aliphatic carbocycles. The second-order valence-electron chi connectivity index (χ2n) is 4.73. The Hall–Kier alpha value is -1.17. The zero-order valence-electron chi connectivity index (χ0n) is 12.2. The summed E-state index contributed by atoms with van der Waals surface area (Å²) in [5.74, 6) is 0.926. The quantitative estimate of drug-likeness (QED) is 0.847. The fourth-order valence-electron chi connectivity index (χ4n) is 2.22. The van der Waals surface area contributed by atoms with E-state index in [4.69, 9.17) is 23.2 Å². The van der Waals surface area contributed by atoms with Gasteiger partial charge in [-0.1, -0.05) is 37.0 Å². The van der Waals surface area contributed by atoms with Crippen LogP contribution in [0.15, 0.2) is 18.6 Å². The number of nitrogens with one attached hydrogen (secondary N) is 1. The van der Waals surface area contributed by atoms with Crippen LogP contribution >= 0.6 is 23.2 Å². The van der Waals surface area contributed by atoms with Crippen LogP contribution in [-0.2, 0) is 13.0 Å². The van der Waals surface area contributed by atoms with Crippen LogP contribution in [0.3, 0.4) is 0 Å². The second-order valence-corrected chi connectivity index (χ2v) is 5.58. The van der Waals surface area contributed by atoms with Crippen molar-refractivity contribution in [3.63, 3.8) is 0 Å². The van der Waals surface area contributed by atoms with Crippen molar-refractivity contribution >= 4 is 23.2 Å². The van der Waals surface area contributed by atoms with E-state index in [1.54, 1.807) is 18.6 Å². The molecule has 5 nitrogen and oxygen atoms in total. The van der Waals surface area contributed by atoms with E-state index < -0.39 is 0 Å². The molecule has 2 rings (SSSR count). The number of rotatable bonds is 7. The predicted molar refractivity (Wildman–Crippen MR) is 84.7 cm³/mol. The Labute approximate surface area is 134 Å². The number of pyridine rings is 1. The summed E-state index contributed by atoms with van der Waals surface area (Å²) in [4.78, 5) is 8.71. The van der Waals surface area contributed by atoms with Gasteiger partial charge in [-0.15, -0.1) is 0 Å². The molecule has 0 saturated heterocycles. The van der Waals surface area contributed by atoms with E-state index in [2.05, 4.69) is 27.3 Å². The third-order valence-corrected chi connectivity index (χ3v) is 3.64. The molecule has 0 fully saturated rings. The van der Waals surface area contributed by atoms with Gasteiger partial charge in [-0.3, -0.25) is 9.67 Å². The van der Waals surface area contributed by atoms with Gasteiger partial charge in [-0.25, -0.2) is 4.98 Å². The van der Waals surface area contributed by atoms with E-state index in [1.165, 1.54) is 0 Å². The van der Waals surface area contributed by atoms with E-state index in [0.717, 1.165) is 31.0 Å². The van der Waals surface area contributed by atoms with Crippen molar-refractivity contribution in [3.8, 4) is 0 Å². The molecule has 2 heterocycles. The van der Waals surface area contributed by atoms with Gasteiger partial charge in [0.15, 0.2) is 0 Å². The maximum absolute atomic E-state index is 6.27. The van der Waals surface area contributed by atoms with E-state index in [1.807, 2.05) is 11.6 Å². The van der Waals surface area contributed by atoms with Crippen molar-refractivity contribution in [3.05, 3.63) is 40.2 Å². The highest BCUT2D eigenvalue weighted by Gasteiger charge is 2.19. The summed E-state index contributed by atoms with van der Waals surface area (Å²) in [6.07, 6.45) is 4.90. The SMILES string of the molecule is CCCn1ncnc1CC(NCC)c1ncc(Cl)cc1Cl. The minimum Gasteiger partial charge on any atom is -0.308 e. The first-order chi connectivity index (χ1) is 10.2. The van der Waals surface area contributed by atoms with Crippen LogP contribution in [0, 0.1) is 0 Å². The molecule has 2 aromatic rings. The van der Waals surface area contributed by atoms with Crippen LogP contribution < -0.4 is 5.32 Å². The number of aromatic nitrogens is 4. The normalized spacial score (nSPS) is 12.6. The van der Waals surface area contributed by atoms with Gasteiger partial charge in [0.2, 0.25) is 0 Å². The molecule has 1 atom stereocenters. The standard InChI is InChI=1S/C14H19Cl2N5/c1-3-5-21-13(19-9-20-21)7-12(17-4-2)14-11(16)6-10(15)8-18-14/h6,8-9,12,17H,3-5,7H2,1-2H3. The zero-order valence-corrected chi connectivity index (χ0v) is 13.7. The van der Waals surface area contributed by atoms with Gasteiger partial charge < -0.3 is 5.32 Å². The molecule has 0 saturated carbocycles. The molecule has 0 bridgehead atoms. The molecule has 0 spiro atoms. The van der Waals surface area contributed by atoms with Crippen LogP contribution in [0.1, 0.15) is 37.8 Å². The molecule has 0 aromatic carbocycles. The summed E-state index contributed by atoms with van der Waals surface area (Å²) in [6.45, 7) is 5.83. The van der Waals surface area contributed by atoms with E-state index in [0.29, 0.717) is 16.5 Å². The molecule has 0 radical (unpaired) electrons. The summed E-state index contributed by atoms with van der Waals surface area (Å²) in [5, 5.41) is 8.75. The van der Waals surface area contributed by atoms with Gasteiger partial charge in [-0.2, -0.15) is 5.10 Å². The number of hydrogen-bond acceptors (Lipinski definition) is 4. The molecule has 1 unspecified atom stereocenters. The summed E-state index contributed by atoms with van der Waals surface area (Å²) in [5.41, 5.74) is 0.786. The lowest BCUT2D eigenvalue weighted by Gasteiger charge is -2.18. The van der Waals surface area contributed by atoms with Crippen LogP contribution in [0.5, 0.6) is 0 Å². The molecule has 0 amide bonds. The Morgan fingerprint density at radius 2 is 2.10 bits per heavy atom. The maximum Gasteiger partial charge on any atom is 0.138 e.